The first-order valence-corrected chi connectivity index (χ1v) is 7.05. The summed E-state index contributed by atoms with van der Waals surface area (Å²) < 4.78 is 0. The summed E-state index contributed by atoms with van der Waals surface area (Å²) in [5, 5.41) is 5.06. The molecule has 0 fully saturated rings. The Kier molecular flexibility index (Phi) is 3.62. The largest absolute Gasteiger partial charge is 0.368 e. The number of halogens is 1. The Bertz CT molecular complexity index is 771. The number of fused-ring (bicyclic) bond motifs is 1. The van der Waals surface area contributed by atoms with Gasteiger partial charge in [0.2, 0.25) is 5.95 Å². The van der Waals surface area contributed by atoms with Crippen molar-refractivity contribution < 1.29 is 0 Å². The second-order valence-electron chi connectivity index (χ2n) is 4.87. The highest BCUT2D eigenvalue weighted by Crippen LogP contribution is 2.25. The molecular formula is C16H15ClN4. The van der Waals surface area contributed by atoms with Crippen molar-refractivity contribution in [1.29, 1.82) is 0 Å². The predicted molar refractivity (Wildman–Crippen MR) is 87.4 cm³/mol. The number of hydrogen-bond acceptors (Lipinski definition) is 4. The van der Waals surface area contributed by atoms with Gasteiger partial charge in [-0.1, -0.05) is 35.9 Å². The Labute approximate surface area is 128 Å². The maximum Gasteiger partial charge on any atom is 0.222 e. The Morgan fingerprint density at radius 2 is 1.76 bits per heavy atom. The van der Waals surface area contributed by atoms with Crippen LogP contribution in [0, 0.1) is 0 Å². The van der Waals surface area contributed by atoms with Crippen molar-refractivity contribution >= 4 is 34.3 Å². The van der Waals surface area contributed by atoms with Crippen LogP contribution in [-0.2, 0) is 0 Å². The van der Waals surface area contributed by atoms with Gasteiger partial charge in [0.25, 0.3) is 0 Å². The lowest BCUT2D eigenvalue weighted by atomic mass is 10.1. The molecule has 0 aliphatic heterocycles. The van der Waals surface area contributed by atoms with Gasteiger partial charge in [0, 0.05) is 16.5 Å². The highest BCUT2D eigenvalue weighted by Gasteiger charge is 2.10. The predicted octanol–water partition coefficient (Wildman–Crippen LogP) is 4.04. The fraction of sp³-hybridized carbons (Fsp3) is 0.125. The van der Waals surface area contributed by atoms with Crippen molar-refractivity contribution in [2.45, 2.75) is 13.0 Å². The molecule has 0 spiro atoms. The second-order valence-corrected chi connectivity index (χ2v) is 5.30. The summed E-state index contributed by atoms with van der Waals surface area (Å²) in [6.45, 7) is 2.07. The summed E-state index contributed by atoms with van der Waals surface area (Å²) >= 11 is 5.92. The first-order chi connectivity index (χ1) is 10.1. The third kappa shape index (κ3) is 2.90. The third-order valence-electron chi connectivity index (χ3n) is 3.34. The van der Waals surface area contributed by atoms with E-state index in [2.05, 4.69) is 22.2 Å². The minimum atomic E-state index is 0.0833. The van der Waals surface area contributed by atoms with Crippen LogP contribution in [0.15, 0.2) is 48.5 Å². The topological polar surface area (TPSA) is 63.8 Å². The lowest BCUT2D eigenvalue weighted by Crippen LogP contribution is -2.10. The zero-order chi connectivity index (χ0) is 14.8. The van der Waals surface area contributed by atoms with Crippen LogP contribution < -0.4 is 11.1 Å². The zero-order valence-electron chi connectivity index (χ0n) is 11.5. The van der Waals surface area contributed by atoms with Gasteiger partial charge in [-0.15, -0.1) is 0 Å². The lowest BCUT2D eigenvalue weighted by Gasteiger charge is -2.16. The number of para-hydroxylation sites is 1. The molecule has 0 bridgehead atoms. The van der Waals surface area contributed by atoms with Crippen LogP contribution in [0.5, 0.6) is 0 Å². The van der Waals surface area contributed by atoms with Gasteiger partial charge in [-0.25, -0.2) is 4.98 Å². The number of anilines is 2. The average Bonchev–Trinajstić information content (AvgIpc) is 2.47. The number of nitrogens with zero attached hydrogens (tertiary/aromatic N) is 2. The number of aromatic nitrogens is 2. The standard InChI is InChI=1S/C16H15ClN4/c1-10(11-6-8-12(17)9-7-11)19-15-13-4-2-3-5-14(13)20-16(18)21-15/h2-10H,1H3,(H3,18,19,20,21). The summed E-state index contributed by atoms with van der Waals surface area (Å²) in [5.41, 5.74) is 7.73. The molecule has 0 radical (unpaired) electrons. The molecule has 4 nitrogen and oxygen atoms in total. The van der Waals surface area contributed by atoms with Crippen molar-refractivity contribution in [3.63, 3.8) is 0 Å². The van der Waals surface area contributed by atoms with Crippen LogP contribution in [-0.4, -0.2) is 9.97 Å². The van der Waals surface area contributed by atoms with Crippen LogP contribution in [0.2, 0.25) is 5.02 Å². The lowest BCUT2D eigenvalue weighted by molar-refractivity contribution is 0.877. The molecule has 1 atom stereocenters. The molecular weight excluding hydrogens is 284 g/mol. The van der Waals surface area contributed by atoms with Gasteiger partial charge in [-0.2, -0.15) is 4.98 Å². The third-order valence-corrected chi connectivity index (χ3v) is 3.60. The smallest absolute Gasteiger partial charge is 0.222 e. The average molecular weight is 299 g/mol. The molecule has 0 aliphatic carbocycles. The van der Waals surface area contributed by atoms with E-state index < -0.39 is 0 Å². The van der Waals surface area contributed by atoms with E-state index in [0.29, 0.717) is 0 Å². The second kappa shape index (κ2) is 5.58. The quantitative estimate of drug-likeness (QED) is 0.766. The fourth-order valence-electron chi connectivity index (χ4n) is 2.24. The van der Waals surface area contributed by atoms with Gasteiger partial charge >= 0.3 is 0 Å². The maximum atomic E-state index is 5.92. The summed E-state index contributed by atoms with van der Waals surface area (Å²) in [5.74, 6) is 1.00. The van der Waals surface area contributed by atoms with E-state index in [4.69, 9.17) is 17.3 Å². The summed E-state index contributed by atoms with van der Waals surface area (Å²) in [6, 6.07) is 15.6. The van der Waals surface area contributed by atoms with Crippen LogP contribution in [0.3, 0.4) is 0 Å². The molecule has 0 saturated carbocycles. The molecule has 2 aromatic carbocycles. The molecule has 1 aromatic heterocycles. The van der Waals surface area contributed by atoms with Gasteiger partial charge in [0.15, 0.2) is 0 Å². The number of rotatable bonds is 3. The van der Waals surface area contributed by atoms with Gasteiger partial charge in [-0.3, -0.25) is 0 Å². The molecule has 5 heteroatoms. The molecule has 3 aromatic rings. The highest BCUT2D eigenvalue weighted by molar-refractivity contribution is 6.30. The zero-order valence-corrected chi connectivity index (χ0v) is 12.3. The van der Waals surface area contributed by atoms with Crippen molar-refractivity contribution in [2.24, 2.45) is 0 Å². The van der Waals surface area contributed by atoms with Gasteiger partial charge in [0.05, 0.1) is 5.52 Å². The van der Waals surface area contributed by atoms with E-state index in [0.717, 1.165) is 27.3 Å². The number of hydrogen-bond donors (Lipinski definition) is 2. The van der Waals surface area contributed by atoms with E-state index in [1.54, 1.807) is 0 Å². The van der Waals surface area contributed by atoms with E-state index in [9.17, 15) is 0 Å². The van der Waals surface area contributed by atoms with Crippen molar-refractivity contribution in [3.8, 4) is 0 Å². The van der Waals surface area contributed by atoms with E-state index in [1.165, 1.54) is 0 Å². The molecule has 0 aliphatic rings. The van der Waals surface area contributed by atoms with Crippen LogP contribution >= 0.6 is 11.6 Å². The first-order valence-electron chi connectivity index (χ1n) is 6.68. The molecule has 0 amide bonds. The SMILES string of the molecule is CC(Nc1nc(N)nc2ccccc12)c1ccc(Cl)cc1. The molecule has 3 N–H and O–H groups in total. The number of nitrogen functional groups attached to an aromatic ring is 1. The molecule has 1 heterocycles. The molecule has 21 heavy (non-hydrogen) atoms. The number of nitrogens with one attached hydrogen (secondary N) is 1. The van der Waals surface area contributed by atoms with Crippen molar-refractivity contribution in [2.75, 3.05) is 11.1 Å². The minimum Gasteiger partial charge on any atom is -0.368 e. The van der Waals surface area contributed by atoms with Gasteiger partial charge in [-0.05, 0) is 36.8 Å². The van der Waals surface area contributed by atoms with Crippen molar-refractivity contribution in [1.82, 2.24) is 9.97 Å². The number of benzene rings is 2. The summed E-state index contributed by atoms with van der Waals surface area (Å²) in [6.07, 6.45) is 0. The maximum absolute atomic E-state index is 5.92. The molecule has 106 valence electrons. The Hall–Kier alpha value is -2.33. The van der Waals surface area contributed by atoms with E-state index in [1.807, 2.05) is 48.5 Å². The Morgan fingerprint density at radius 3 is 2.52 bits per heavy atom. The van der Waals surface area contributed by atoms with Crippen LogP contribution in [0.1, 0.15) is 18.5 Å². The molecule has 3 rings (SSSR count). The van der Waals surface area contributed by atoms with E-state index >= 15 is 0 Å². The van der Waals surface area contributed by atoms with Crippen molar-refractivity contribution in [3.05, 3.63) is 59.1 Å². The molecule has 0 saturated heterocycles. The van der Waals surface area contributed by atoms with Crippen LogP contribution in [0.4, 0.5) is 11.8 Å². The number of nitrogens with two attached hydrogens (primary N) is 1. The Balaban J connectivity index is 1.95. The van der Waals surface area contributed by atoms with Gasteiger partial charge < -0.3 is 11.1 Å². The van der Waals surface area contributed by atoms with Gasteiger partial charge in [0.1, 0.15) is 5.82 Å². The fourth-order valence-corrected chi connectivity index (χ4v) is 2.37. The molecule has 1 unspecified atom stereocenters. The Morgan fingerprint density at radius 1 is 1.05 bits per heavy atom. The van der Waals surface area contributed by atoms with Crippen LogP contribution in [0.25, 0.3) is 10.9 Å². The first kappa shape index (κ1) is 13.6. The summed E-state index contributed by atoms with van der Waals surface area (Å²) in [4.78, 5) is 8.55. The highest BCUT2D eigenvalue weighted by atomic mass is 35.5. The monoisotopic (exact) mass is 298 g/mol. The summed E-state index contributed by atoms with van der Waals surface area (Å²) in [7, 11) is 0. The van der Waals surface area contributed by atoms with E-state index in [-0.39, 0.29) is 12.0 Å². The minimum absolute atomic E-state index is 0.0833. The normalized spacial score (nSPS) is 12.3.